The molecular formula is C22H21N3O2. The molecule has 0 radical (unpaired) electrons. The van der Waals surface area contributed by atoms with Crippen LogP contribution in [0.5, 0.6) is 0 Å². The van der Waals surface area contributed by atoms with Crippen LogP contribution < -0.4 is 10.6 Å². The van der Waals surface area contributed by atoms with Crippen molar-refractivity contribution in [1.29, 1.82) is 0 Å². The van der Waals surface area contributed by atoms with E-state index in [9.17, 15) is 9.59 Å². The van der Waals surface area contributed by atoms with Crippen molar-refractivity contribution in [2.24, 2.45) is 0 Å². The summed E-state index contributed by atoms with van der Waals surface area (Å²) in [6.07, 6.45) is 1.60. The molecule has 0 saturated carbocycles. The summed E-state index contributed by atoms with van der Waals surface area (Å²) in [5.74, 6) is -0.317. The Balaban J connectivity index is 1.69. The molecule has 1 amide bonds. The molecule has 1 aromatic heterocycles. The van der Waals surface area contributed by atoms with Gasteiger partial charge in [-0.05, 0) is 55.8 Å². The summed E-state index contributed by atoms with van der Waals surface area (Å²) in [7, 11) is 0. The first-order chi connectivity index (χ1) is 13.0. The fraction of sp³-hybridized carbons (Fsp3) is 0.136. The van der Waals surface area contributed by atoms with Crippen molar-refractivity contribution in [2.75, 3.05) is 10.6 Å². The number of amides is 1. The van der Waals surface area contributed by atoms with E-state index in [0.717, 1.165) is 11.3 Å². The number of anilines is 2. The second-order valence-electron chi connectivity index (χ2n) is 6.29. The van der Waals surface area contributed by atoms with Crippen LogP contribution in [-0.4, -0.2) is 16.7 Å². The number of pyridine rings is 1. The zero-order valence-corrected chi connectivity index (χ0v) is 15.3. The number of benzene rings is 2. The van der Waals surface area contributed by atoms with Gasteiger partial charge >= 0.3 is 0 Å². The maximum atomic E-state index is 12.5. The topological polar surface area (TPSA) is 71.1 Å². The molecule has 2 N–H and O–H groups in total. The average Bonchev–Trinajstić information content (AvgIpc) is 2.69. The summed E-state index contributed by atoms with van der Waals surface area (Å²) in [4.78, 5) is 28.0. The highest BCUT2D eigenvalue weighted by Gasteiger charge is 2.11. The van der Waals surface area contributed by atoms with Crippen LogP contribution in [0.25, 0.3) is 0 Å². The van der Waals surface area contributed by atoms with Gasteiger partial charge in [0.25, 0.3) is 5.91 Å². The van der Waals surface area contributed by atoms with Gasteiger partial charge in [-0.2, -0.15) is 0 Å². The van der Waals surface area contributed by atoms with Gasteiger partial charge < -0.3 is 10.6 Å². The predicted molar refractivity (Wildman–Crippen MR) is 107 cm³/mol. The van der Waals surface area contributed by atoms with Crippen LogP contribution in [0.15, 0.2) is 72.9 Å². The molecule has 0 bridgehead atoms. The van der Waals surface area contributed by atoms with Gasteiger partial charge in [0, 0.05) is 29.2 Å². The van der Waals surface area contributed by atoms with E-state index in [1.165, 1.54) is 6.92 Å². The molecule has 0 aliphatic rings. The summed E-state index contributed by atoms with van der Waals surface area (Å²) in [6, 6.07) is 20.5. The first-order valence-corrected chi connectivity index (χ1v) is 8.73. The molecule has 2 aromatic carbocycles. The third kappa shape index (κ3) is 4.79. The highest BCUT2D eigenvalue weighted by molar-refractivity contribution is 6.03. The molecule has 5 nitrogen and oxygen atoms in total. The molecule has 0 aliphatic carbocycles. The maximum absolute atomic E-state index is 12.5. The maximum Gasteiger partial charge on any atom is 0.274 e. The summed E-state index contributed by atoms with van der Waals surface area (Å²) in [6.45, 7) is 3.57. The quantitative estimate of drug-likeness (QED) is 0.625. The Morgan fingerprint density at radius 1 is 0.926 bits per heavy atom. The molecular weight excluding hydrogens is 338 g/mol. The van der Waals surface area contributed by atoms with Crippen LogP contribution >= 0.6 is 0 Å². The van der Waals surface area contributed by atoms with Crippen LogP contribution in [0, 0.1) is 0 Å². The fourth-order valence-corrected chi connectivity index (χ4v) is 2.70. The average molecular weight is 359 g/mol. The Morgan fingerprint density at radius 3 is 2.30 bits per heavy atom. The molecule has 0 saturated heterocycles. The third-order valence-corrected chi connectivity index (χ3v) is 4.22. The molecule has 0 spiro atoms. The number of ketones is 1. The van der Waals surface area contributed by atoms with E-state index < -0.39 is 0 Å². The summed E-state index contributed by atoms with van der Waals surface area (Å²) >= 11 is 0. The lowest BCUT2D eigenvalue weighted by Crippen LogP contribution is -2.14. The van der Waals surface area contributed by atoms with Crippen molar-refractivity contribution in [3.05, 3.63) is 89.7 Å². The molecule has 3 rings (SSSR count). The summed E-state index contributed by atoms with van der Waals surface area (Å²) in [5.41, 5.74) is 3.51. The van der Waals surface area contributed by atoms with Gasteiger partial charge in [-0.1, -0.05) is 30.3 Å². The molecule has 27 heavy (non-hydrogen) atoms. The Kier molecular flexibility index (Phi) is 5.61. The molecule has 1 heterocycles. The monoisotopic (exact) mass is 359 g/mol. The van der Waals surface area contributed by atoms with Crippen LogP contribution in [0.3, 0.4) is 0 Å². The minimum Gasteiger partial charge on any atom is -0.378 e. The number of hydrogen-bond acceptors (Lipinski definition) is 4. The predicted octanol–water partition coefficient (Wildman–Crippen LogP) is 4.71. The highest BCUT2D eigenvalue weighted by Crippen LogP contribution is 2.19. The molecule has 1 unspecified atom stereocenters. The fourth-order valence-electron chi connectivity index (χ4n) is 2.70. The van der Waals surface area contributed by atoms with E-state index in [4.69, 9.17) is 0 Å². The molecule has 1 atom stereocenters. The lowest BCUT2D eigenvalue weighted by molar-refractivity contribution is 0.101. The van der Waals surface area contributed by atoms with Gasteiger partial charge in [-0.15, -0.1) is 0 Å². The van der Waals surface area contributed by atoms with E-state index in [1.54, 1.807) is 36.5 Å². The van der Waals surface area contributed by atoms with Crippen LogP contribution in [-0.2, 0) is 0 Å². The molecule has 0 fully saturated rings. The lowest BCUT2D eigenvalue weighted by Gasteiger charge is -2.16. The van der Waals surface area contributed by atoms with Crippen LogP contribution in [0.1, 0.15) is 46.3 Å². The first kappa shape index (κ1) is 18.3. The van der Waals surface area contributed by atoms with Crippen molar-refractivity contribution in [1.82, 2.24) is 4.98 Å². The second kappa shape index (κ2) is 8.27. The number of Topliss-reactive ketones (excluding diaryl/α,β-unsaturated/α-hetero) is 1. The number of hydrogen-bond donors (Lipinski definition) is 2. The van der Waals surface area contributed by atoms with Gasteiger partial charge in [-0.3, -0.25) is 14.6 Å². The summed E-state index contributed by atoms with van der Waals surface area (Å²) < 4.78 is 0. The van der Waals surface area contributed by atoms with Crippen molar-refractivity contribution in [3.8, 4) is 0 Å². The van der Waals surface area contributed by atoms with Gasteiger partial charge in [0.15, 0.2) is 5.78 Å². The smallest absolute Gasteiger partial charge is 0.274 e. The van der Waals surface area contributed by atoms with Crippen LogP contribution in [0.2, 0.25) is 0 Å². The van der Waals surface area contributed by atoms with Crippen molar-refractivity contribution in [2.45, 2.75) is 19.9 Å². The van der Waals surface area contributed by atoms with E-state index in [2.05, 4.69) is 34.7 Å². The SMILES string of the molecule is CC(=O)c1ccc(NC(=O)c2cc(NC(C)c3ccccc3)ccn2)cc1. The van der Waals surface area contributed by atoms with Crippen molar-refractivity contribution < 1.29 is 9.59 Å². The number of carbonyl (C=O) groups excluding carboxylic acids is 2. The molecule has 136 valence electrons. The normalized spacial score (nSPS) is 11.5. The summed E-state index contributed by atoms with van der Waals surface area (Å²) in [5, 5.41) is 6.18. The van der Waals surface area contributed by atoms with Gasteiger partial charge in [0.2, 0.25) is 0 Å². The van der Waals surface area contributed by atoms with Crippen molar-refractivity contribution >= 4 is 23.1 Å². The Morgan fingerprint density at radius 2 is 1.63 bits per heavy atom. The van der Waals surface area contributed by atoms with Crippen LogP contribution in [0.4, 0.5) is 11.4 Å². The van der Waals surface area contributed by atoms with Crippen molar-refractivity contribution in [3.63, 3.8) is 0 Å². The number of aromatic nitrogens is 1. The molecule has 5 heteroatoms. The number of carbonyl (C=O) groups is 2. The van der Waals surface area contributed by atoms with E-state index in [1.807, 2.05) is 24.3 Å². The minimum atomic E-state index is -0.304. The zero-order chi connectivity index (χ0) is 19.2. The Hall–Kier alpha value is -3.47. The Bertz CT molecular complexity index is 937. The molecule has 3 aromatic rings. The minimum absolute atomic E-state index is 0.0131. The van der Waals surface area contributed by atoms with E-state index in [-0.39, 0.29) is 17.7 Å². The molecule has 0 aliphatic heterocycles. The highest BCUT2D eigenvalue weighted by atomic mass is 16.2. The number of rotatable bonds is 6. The van der Waals surface area contributed by atoms with E-state index in [0.29, 0.717) is 16.9 Å². The zero-order valence-electron chi connectivity index (χ0n) is 15.3. The largest absolute Gasteiger partial charge is 0.378 e. The lowest BCUT2D eigenvalue weighted by atomic mass is 10.1. The van der Waals surface area contributed by atoms with Gasteiger partial charge in [0.05, 0.1) is 0 Å². The van der Waals surface area contributed by atoms with Gasteiger partial charge in [0.1, 0.15) is 5.69 Å². The first-order valence-electron chi connectivity index (χ1n) is 8.73. The Labute approximate surface area is 158 Å². The third-order valence-electron chi connectivity index (χ3n) is 4.22. The van der Waals surface area contributed by atoms with Gasteiger partial charge in [-0.25, -0.2) is 0 Å². The number of nitrogens with zero attached hydrogens (tertiary/aromatic N) is 1. The van der Waals surface area contributed by atoms with E-state index >= 15 is 0 Å². The number of nitrogens with one attached hydrogen (secondary N) is 2. The second-order valence-corrected chi connectivity index (χ2v) is 6.29. The standard InChI is InChI=1S/C22H21N3O2/c1-15(17-6-4-3-5-7-17)24-20-12-13-23-21(14-20)22(27)25-19-10-8-18(9-11-19)16(2)26/h3-15H,1-2H3,(H,23,24)(H,25,27).